The van der Waals surface area contributed by atoms with Gasteiger partial charge in [0.15, 0.2) is 0 Å². The second-order valence-corrected chi connectivity index (χ2v) is 40.0. The third-order valence-electron chi connectivity index (χ3n) is 7.48. The van der Waals surface area contributed by atoms with Crippen molar-refractivity contribution in [3.05, 3.63) is 215 Å². The predicted octanol–water partition coefficient (Wildman–Crippen LogP) is 12.4. The van der Waals surface area contributed by atoms with E-state index in [0.29, 0.717) is 20.7 Å². The van der Waals surface area contributed by atoms with Gasteiger partial charge < -0.3 is 0 Å². The fraction of sp³-hybridized carbons (Fsp3) is 0.0769. The molecule has 0 N–H and O–H groups in total. The van der Waals surface area contributed by atoms with Crippen LogP contribution in [0.5, 0.6) is 0 Å². The van der Waals surface area contributed by atoms with Crippen molar-refractivity contribution in [2.45, 2.75) is 17.0 Å². The fourth-order valence-corrected chi connectivity index (χ4v) is 37.1. The van der Waals surface area contributed by atoms with E-state index in [-0.39, 0.29) is 17.0 Å². The normalized spacial score (nSPS) is 14.4. The summed E-state index contributed by atoms with van der Waals surface area (Å²) < 4.78 is 0. The number of benzene rings is 6. The van der Waals surface area contributed by atoms with Crippen LogP contribution in [0.4, 0.5) is 0 Å². The maximum atomic E-state index is 8.42. The number of rotatable bonds is 12. The van der Waals surface area contributed by atoms with Crippen LogP contribution >= 0.6 is 30.4 Å². The van der Waals surface area contributed by atoms with Crippen molar-refractivity contribution in [2.75, 3.05) is 0 Å². The Labute approximate surface area is 273 Å². The van der Waals surface area contributed by atoms with Crippen LogP contribution in [0.25, 0.3) is 0 Å². The molecule has 0 nitrogen and oxygen atoms in total. The topological polar surface area (TPSA) is 0 Å². The summed E-state index contributed by atoms with van der Waals surface area (Å²) in [6.45, 7) is 1.91. The van der Waals surface area contributed by atoms with Crippen LogP contribution < -0.4 is 0 Å². The standard InChI is InChI=1S/3C13H12P.ClH.Rh/c3*14-13(11-7-3-1-4-8-11)12-9-5-2-6-10-12;;/h3*1-10,13-14H;1H;/q3*-1;;+4/p-1. The van der Waals surface area contributed by atoms with Crippen LogP contribution in [-0.2, 0) is 12.3 Å². The Morgan fingerprint density at radius 1 is 0.295 bits per heavy atom. The number of hydrogen-bond donors (Lipinski definition) is 0. The van der Waals surface area contributed by atoms with Crippen molar-refractivity contribution in [3.8, 4) is 0 Å². The zero-order valence-electron chi connectivity index (χ0n) is 24.3. The minimum atomic E-state index is -2.79. The van der Waals surface area contributed by atoms with E-state index in [1.165, 1.54) is 33.4 Å². The predicted molar refractivity (Wildman–Crippen MR) is 195 cm³/mol. The molecule has 6 rings (SSSR count). The molecule has 3 atom stereocenters. The summed E-state index contributed by atoms with van der Waals surface area (Å²) in [6, 6.07) is 66.3. The van der Waals surface area contributed by atoms with Crippen molar-refractivity contribution in [2.24, 2.45) is 0 Å². The first-order chi connectivity index (χ1) is 21.7. The van der Waals surface area contributed by atoms with E-state index in [1.54, 1.807) is 0 Å². The van der Waals surface area contributed by atoms with Gasteiger partial charge in [-0.2, -0.15) is 0 Å². The van der Waals surface area contributed by atoms with Crippen LogP contribution in [0.15, 0.2) is 182 Å². The van der Waals surface area contributed by atoms with Crippen LogP contribution in [-0.4, -0.2) is 0 Å². The van der Waals surface area contributed by atoms with Crippen molar-refractivity contribution in [1.82, 2.24) is 0 Å². The van der Waals surface area contributed by atoms with Gasteiger partial charge in [0.1, 0.15) is 0 Å². The Hall–Kier alpha value is -2.48. The summed E-state index contributed by atoms with van der Waals surface area (Å²) in [4.78, 5) is 0. The second kappa shape index (κ2) is 15.7. The van der Waals surface area contributed by atoms with Gasteiger partial charge in [-0.1, -0.05) is 0 Å². The fourth-order valence-electron chi connectivity index (χ4n) is 5.26. The summed E-state index contributed by atoms with van der Waals surface area (Å²) in [7, 11) is 8.42. The molecule has 0 heterocycles. The first-order valence-electron chi connectivity index (χ1n) is 14.7. The molecule has 3 unspecified atom stereocenters. The summed E-state index contributed by atoms with van der Waals surface area (Å²) in [5.41, 5.74) is 9.00. The van der Waals surface area contributed by atoms with Gasteiger partial charge in [0.25, 0.3) is 0 Å². The third kappa shape index (κ3) is 8.21. The number of halogens is 1. The minimum absolute atomic E-state index is 0.274. The van der Waals surface area contributed by atoms with Crippen LogP contribution in [0.1, 0.15) is 50.4 Å². The first-order valence-corrected chi connectivity index (χ1v) is 26.9. The van der Waals surface area contributed by atoms with E-state index >= 15 is 0 Å². The van der Waals surface area contributed by atoms with Gasteiger partial charge in [-0.15, -0.1) is 0 Å². The van der Waals surface area contributed by atoms with Gasteiger partial charge >= 0.3 is 275 Å². The first kappa shape index (κ1) is 31.5. The average molecular weight is 736 g/mol. The van der Waals surface area contributed by atoms with Crippen LogP contribution in [0, 0.1) is 0 Å². The van der Waals surface area contributed by atoms with E-state index in [2.05, 4.69) is 182 Å². The molecule has 44 heavy (non-hydrogen) atoms. The molecule has 0 saturated carbocycles. The Kier molecular flexibility index (Phi) is 11.2. The molecular weight excluding hydrogens is 700 g/mol. The summed E-state index contributed by atoms with van der Waals surface area (Å²) in [5, 5.41) is 0. The van der Waals surface area contributed by atoms with Crippen molar-refractivity contribution in [3.63, 3.8) is 0 Å². The molecule has 6 aromatic carbocycles. The van der Waals surface area contributed by atoms with E-state index in [0.717, 1.165) is 0 Å². The Balaban J connectivity index is 1.48. The van der Waals surface area contributed by atoms with E-state index in [4.69, 9.17) is 9.69 Å². The van der Waals surface area contributed by atoms with E-state index in [1.807, 2.05) is 0 Å². The molecule has 0 aliphatic heterocycles. The molecule has 223 valence electrons. The SMILES string of the molecule is [Cl][Rh]([PH]C(c1ccccc1)c1ccccc1)([PH]C(c1ccccc1)c1ccccc1)[PH]C(c1ccccc1)c1ccccc1. The molecule has 0 saturated heterocycles. The van der Waals surface area contributed by atoms with E-state index < -0.39 is 12.3 Å². The van der Waals surface area contributed by atoms with Crippen molar-refractivity contribution in [1.29, 1.82) is 0 Å². The van der Waals surface area contributed by atoms with Crippen LogP contribution in [0.3, 0.4) is 0 Å². The van der Waals surface area contributed by atoms with Crippen LogP contribution in [0.2, 0.25) is 0 Å². The molecule has 0 aliphatic carbocycles. The molecule has 0 spiro atoms. The maximum absolute atomic E-state index is 8.42. The second-order valence-electron chi connectivity index (χ2n) is 10.5. The van der Waals surface area contributed by atoms with Gasteiger partial charge in [0.2, 0.25) is 0 Å². The number of hydrogen-bond acceptors (Lipinski definition) is 0. The molecule has 0 aliphatic rings. The van der Waals surface area contributed by atoms with Crippen molar-refractivity contribution < 1.29 is 12.3 Å². The molecule has 0 amide bonds. The summed E-state index contributed by atoms with van der Waals surface area (Å²) >= 11 is -2.79. The monoisotopic (exact) mass is 735 g/mol. The van der Waals surface area contributed by atoms with Gasteiger partial charge in [-0.3, -0.25) is 0 Å². The third-order valence-corrected chi connectivity index (χ3v) is 35.1. The Morgan fingerprint density at radius 3 is 0.614 bits per heavy atom. The average Bonchev–Trinajstić information content (AvgIpc) is 3.11. The quantitative estimate of drug-likeness (QED) is 0.0867. The van der Waals surface area contributed by atoms with Gasteiger partial charge in [0.05, 0.1) is 0 Å². The Bertz CT molecular complexity index is 1370. The Morgan fingerprint density at radius 2 is 0.455 bits per heavy atom. The molecule has 0 radical (unpaired) electrons. The zero-order valence-corrected chi connectivity index (χ0v) is 29.7. The van der Waals surface area contributed by atoms with E-state index in [9.17, 15) is 0 Å². The van der Waals surface area contributed by atoms with Gasteiger partial charge in [-0.25, -0.2) is 0 Å². The van der Waals surface area contributed by atoms with Gasteiger partial charge in [0, 0.05) is 0 Å². The molecular formula is C39H36ClP3Rh. The molecule has 6 aromatic rings. The molecule has 5 heteroatoms. The summed E-state index contributed by atoms with van der Waals surface area (Å²) in [5.74, 6) is 0. The summed E-state index contributed by atoms with van der Waals surface area (Å²) in [6.07, 6.45) is 0. The molecule has 0 aromatic heterocycles. The molecule has 0 bridgehead atoms. The van der Waals surface area contributed by atoms with Crippen molar-refractivity contribution >= 4 is 30.4 Å². The molecule has 0 fully saturated rings. The zero-order chi connectivity index (χ0) is 30.0. The van der Waals surface area contributed by atoms with Gasteiger partial charge in [-0.05, 0) is 0 Å².